The summed E-state index contributed by atoms with van der Waals surface area (Å²) in [5.41, 5.74) is 4.66. The van der Waals surface area contributed by atoms with Crippen LogP contribution in [0.15, 0.2) is 84.9 Å². The van der Waals surface area contributed by atoms with Crippen molar-refractivity contribution in [2.75, 3.05) is 24.3 Å². The second-order valence-electron chi connectivity index (χ2n) is 9.55. The predicted octanol–water partition coefficient (Wildman–Crippen LogP) is 5.24. The molecule has 1 amide bonds. The summed E-state index contributed by atoms with van der Waals surface area (Å²) in [7, 11) is 3.89. The van der Waals surface area contributed by atoms with Crippen molar-refractivity contribution in [1.29, 1.82) is 0 Å². The van der Waals surface area contributed by atoms with Crippen molar-refractivity contribution in [2.24, 2.45) is 0 Å². The number of aromatic nitrogens is 2. The van der Waals surface area contributed by atoms with Crippen LogP contribution >= 0.6 is 0 Å². The lowest BCUT2D eigenvalue weighted by Crippen LogP contribution is -2.21. The maximum absolute atomic E-state index is 13.0. The predicted molar refractivity (Wildman–Crippen MR) is 149 cm³/mol. The fourth-order valence-electron chi connectivity index (χ4n) is 4.68. The van der Waals surface area contributed by atoms with E-state index in [1.807, 2.05) is 37.2 Å². The molecule has 0 fully saturated rings. The van der Waals surface area contributed by atoms with Crippen LogP contribution in [-0.4, -0.2) is 41.8 Å². The Kier molecular flexibility index (Phi) is 5.92. The Labute approximate surface area is 224 Å². The van der Waals surface area contributed by atoms with Crippen molar-refractivity contribution < 1.29 is 19.1 Å². The van der Waals surface area contributed by atoms with Crippen LogP contribution in [0.3, 0.4) is 0 Å². The number of hydrogen-bond acceptors (Lipinski definition) is 6. The molecule has 0 saturated carbocycles. The minimum absolute atomic E-state index is 0.147. The van der Waals surface area contributed by atoms with Crippen LogP contribution in [0.5, 0.6) is 5.75 Å². The summed E-state index contributed by atoms with van der Waals surface area (Å²) >= 11 is 0. The molecule has 8 heteroatoms. The average Bonchev–Trinajstić information content (AvgIpc) is 3.36. The zero-order chi connectivity index (χ0) is 27.1. The minimum atomic E-state index is -0.253. The highest BCUT2D eigenvalue weighted by Gasteiger charge is 2.29. The molecule has 0 radical (unpaired) electrons. The summed E-state index contributed by atoms with van der Waals surface area (Å²) in [5.74, 6) is 0.456. The number of nitrogens with zero attached hydrogens (tertiary/aromatic N) is 2. The normalized spacial score (nSPS) is 12.2. The number of carbonyl (C=O) groups excluding carboxylic acids is 3. The summed E-state index contributed by atoms with van der Waals surface area (Å²) in [5, 5.41) is 10.8. The molecule has 1 aliphatic carbocycles. The van der Waals surface area contributed by atoms with E-state index in [2.05, 4.69) is 15.5 Å². The number of aromatic amines is 1. The Hall–Kier alpha value is -5.24. The largest absolute Gasteiger partial charge is 0.489 e. The van der Waals surface area contributed by atoms with Crippen LogP contribution in [0.1, 0.15) is 47.8 Å². The van der Waals surface area contributed by atoms with Crippen LogP contribution < -0.4 is 15.0 Å². The Morgan fingerprint density at radius 2 is 1.54 bits per heavy atom. The molecule has 8 nitrogen and oxygen atoms in total. The fourth-order valence-corrected chi connectivity index (χ4v) is 4.68. The number of rotatable bonds is 6. The average molecular weight is 517 g/mol. The van der Waals surface area contributed by atoms with Crippen LogP contribution in [0.25, 0.3) is 10.9 Å². The van der Waals surface area contributed by atoms with Crippen molar-refractivity contribution in [2.45, 2.75) is 6.61 Å². The molecule has 0 aliphatic heterocycles. The number of ether oxygens (including phenoxy) is 1. The summed E-state index contributed by atoms with van der Waals surface area (Å²) in [6.45, 7) is 0.211. The van der Waals surface area contributed by atoms with Crippen molar-refractivity contribution in [3.05, 3.63) is 118 Å². The number of carbonyl (C=O) groups is 3. The Bertz CT molecular complexity index is 1770. The van der Waals surface area contributed by atoms with Gasteiger partial charge in [0.1, 0.15) is 12.4 Å². The molecule has 1 heterocycles. The molecule has 5 aromatic rings. The van der Waals surface area contributed by atoms with Crippen molar-refractivity contribution in [1.82, 2.24) is 10.2 Å². The van der Waals surface area contributed by atoms with E-state index in [0.29, 0.717) is 44.9 Å². The van der Waals surface area contributed by atoms with Gasteiger partial charge in [0.25, 0.3) is 5.91 Å². The lowest BCUT2D eigenvalue weighted by molar-refractivity contribution is 0.0979. The second kappa shape index (κ2) is 9.57. The number of anilines is 2. The van der Waals surface area contributed by atoms with E-state index in [1.165, 1.54) is 0 Å². The Morgan fingerprint density at radius 1 is 0.846 bits per heavy atom. The number of nitrogens with one attached hydrogen (secondary N) is 2. The van der Waals surface area contributed by atoms with Gasteiger partial charge >= 0.3 is 0 Å². The van der Waals surface area contributed by atoms with Crippen LogP contribution in [-0.2, 0) is 6.61 Å². The number of benzene rings is 4. The lowest BCUT2D eigenvalue weighted by atomic mass is 9.83. The second-order valence-corrected chi connectivity index (χ2v) is 9.55. The number of H-pyrrole nitrogens is 1. The highest BCUT2D eigenvalue weighted by molar-refractivity contribution is 6.28. The first-order valence-corrected chi connectivity index (χ1v) is 12.4. The third-order valence-corrected chi connectivity index (χ3v) is 6.81. The van der Waals surface area contributed by atoms with Crippen LogP contribution in [0.2, 0.25) is 0 Å². The number of fused-ring (bicyclic) bond motifs is 3. The highest BCUT2D eigenvalue weighted by Crippen LogP contribution is 2.29. The third kappa shape index (κ3) is 4.42. The Balaban J connectivity index is 1.16. The smallest absolute Gasteiger partial charge is 0.256 e. The third-order valence-electron chi connectivity index (χ3n) is 6.81. The molecule has 2 N–H and O–H groups in total. The number of amides is 1. The summed E-state index contributed by atoms with van der Waals surface area (Å²) in [6.07, 6.45) is 0. The molecule has 0 bridgehead atoms. The van der Waals surface area contributed by atoms with E-state index in [4.69, 9.17) is 4.74 Å². The van der Waals surface area contributed by atoms with Gasteiger partial charge in [-0.2, -0.15) is 5.10 Å². The van der Waals surface area contributed by atoms with Gasteiger partial charge in [-0.25, -0.2) is 0 Å². The van der Waals surface area contributed by atoms with E-state index in [0.717, 1.165) is 16.6 Å². The molecule has 0 unspecified atom stereocenters. The maximum atomic E-state index is 13.0. The summed E-state index contributed by atoms with van der Waals surface area (Å²) in [6, 6.07) is 24.8. The van der Waals surface area contributed by atoms with E-state index in [9.17, 15) is 14.4 Å². The molecule has 6 rings (SSSR count). The van der Waals surface area contributed by atoms with E-state index < -0.39 is 0 Å². The molecule has 4 aromatic carbocycles. The Morgan fingerprint density at radius 3 is 2.26 bits per heavy atom. The first-order valence-electron chi connectivity index (χ1n) is 12.4. The SMILES string of the molecule is CN(C)c1ccc(C(=O)Nc2n[nH]c3cc(OCc4ccc5c(c4)C(=O)c4ccccc4C5=O)ccc23)cc1. The van der Waals surface area contributed by atoms with Crippen LogP contribution in [0.4, 0.5) is 11.5 Å². The minimum Gasteiger partial charge on any atom is -0.489 e. The zero-order valence-corrected chi connectivity index (χ0v) is 21.3. The van der Waals surface area contributed by atoms with E-state index in [-0.39, 0.29) is 24.1 Å². The molecule has 0 saturated heterocycles. The van der Waals surface area contributed by atoms with Crippen molar-refractivity contribution in [3.63, 3.8) is 0 Å². The van der Waals surface area contributed by atoms with Gasteiger partial charge in [-0.05, 0) is 54.1 Å². The standard InChI is InChI=1S/C31H24N4O4/c1-35(2)20-10-8-19(9-11-20)31(38)32-30-25-14-12-21(16-27(25)33-34-30)39-17-18-7-13-24-26(15-18)29(37)23-6-4-3-5-22(23)28(24)36/h3-16H,17H2,1-2H3,(H2,32,33,34,38). The number of hydrogen-bond donors (Lipinski definition) is 2. The van der Waals surface area contributed by atoms with Gasteiger partial charge in [-0.1, -0.05) is 30.3 Å². The van der Waals surface area contributed by atoms with Gasteiger partial charge in [0.2, 0.25) is 0 Å². The topological polar surface area (TPSA) is 104 Å². The van der Waals surface area contributed by atoms with Gasteiger partial charge in [0.15, 0.2) is 17.4 Å². The molecular weight excluding hydrogens is 492 g/mol. The summed E-state index contributed by atoms with van der Waals surface area (Å²) in [4.78, 5) is 40.5. The molecular formula is C31H24N4O4. The van der Waals surface area contributed by atoms with E-state index >= 15 is 0 Å². The van der Waals surface area contributed by atoms with Gasteiger partial charge in [0.05, 0.1) is 5.52 Å². The number of ketones is 2. The molecule has 0 spiro atoms. The maximum Gasteiger partial charge on any atom is 0.256 e. The van der Waals surface area contributed by atoms with Gasteiger partial charge in [0, 0.05) is 59.1 Å². The van der Waals surface area contributed by atoms with Crippen molar-refractivity contribution >= 4 is 39.9 Å². The molecule has 0 atom stereocenters. The highest BCUT2D eigenvalue weighted by atomic mass is 16.5. The van der Waals surface area contributed by atoms with E-state index in [1.54, 1.807) is 66.7 Å². The van der Waals surface area contributed by atoms with Crippen molar-refractivity contribution in [3.8, 4) is 5.75 Å². The van der Waals surface area contributed by atoms with Gasteiger partial charge in [-0.3, -0.25) is 19.5 Å². The van der Waals surface area contributed by atoms with Gasteiger partial charge in [-0.15, -0.1) is 0 Å². The molecule has 1 aliphatic rings. The first-order chi connectivity index (χ1) is 18.9. The first kappa shape index (κ1) is 24.1. The monoisotopic (exact) mass is 516 g/mol. The summed E-state index contributed by atoms with van der Waals surface area (Å²) < 4.78 is 5.98. The molecule has 192 valence electrons. The van der Waals surface area contributed by atoms with Crippen LogP contribution in [0, 0.1) is 0 Å². The molecule has 1 aromatic heterocycles. The molecule has 39 heavy (non-hydrogen) atoms. The van der Waals surface area contributed by atoms with Gasteiger partial charge < -0.3 is 15.0 Å². The quantitative estimate of drug-likeness (QED) is 0.314. The fraction of sp³-hybridized carbons (Fsp3) is 0.0968. The lowest BCUT2D eigenvalue weighted by Gasteiger charge is -2.18. The zero-order valence-electron chi connectivity index (χ0n) is 21.3.